The maximum Gasteiger partial charge on any atom is 0.123 e. The summed E-state index contributed by atoms with van der Waals surface area (Å²) in [4.78, 5) is 0. The second-order valence-corrected chi connectivity index (χ2v) is 4.28. The molecule has 0 saturated heterocycles. The fourth-order valence-corrected chi connectivity index (χ4v) is 2.28. The molecule has 0 N–H and O–H groups in total. The van der Waals surface area contributed by atoms with Gasteiger partial charge < -0.3 is 0 Å². The van der Waals surface area contributed by atoms with Gasteiger partial charge in [-0.05, 0) is 55.2 Å². The molecule has 2 rings (SSSR count). The number of aryl methyl sites for hydroxylation is 3. The van der Waals surface area contributed by atoms with Crippen molar-refractivity contribution in [1.29, 1.82) is 0 Å². The van der Waals surface area contributed by atoms with Gasteiger partial charge in [0.15, 0.2) is 0 Å². The van der Waals surface area contributed by atoms with E-state index >= 15 is 0 Å². The van der Waals surface area contributed by atoms with Gasteiger partial charge >= 0.3 is 0 Å². The van der Waals surface area contributed by atoms with Gasteiger partial charge in [0.25, 0.3) is 0 Å². The lowest BCUT2D eigenvalue weighted by Gasteiger charge is -2.11. The molecule has 0 unspecified atom stereocenters. The SMILES string of the molecule is Cc1cc(C)c(-c2cccc(F)c2)c(C)c1. The van der Waals surface area contributed by atoms with E-state index in [-0.39, 0.29) is 5.82 Å². The van der Waals surface area contributed by atoms with Crippen molar-refractivity contribution < 1.29 is 4.39 Å². The van der Waals surface area contributed by atoms with Crippen LogP contribution in [0, 0.1) is 26.6 Å². The predicted octanol–water partition coefficient (Wildman–Crippen LogP) is 4.42. The van der Waals surface area contributed by atoms with Crippen molar-refractivity contribution in [2.45, 2.75) is 20.8 Å². The van der Waals surface area contributed by atoms with Crippen LogP contribution in [0.2, 0.25) is 0 Å². The Morgan fingerprint density at radius 3 is 2.06 bits per heavy atom. The van der Waals surface area contributed by atoms with Gasteiger partial charge in [0.1, 0.15) is 5.82 Å². The van der Waals surface area contributed by atoms with Crippen LogP contribution in [0.25, 0.3) is 11.1 Å². The lowest BCUT2D eigenvalue weighted by atomic mass is 9.94. The fourth-order valence-electron chi connectivity index (χ4n) is 2.28. The summed E-state index contributed by atoms with van der Waals surface area (Å²) in [6, 6.07) is 11.0. The largest absolute Gasteiger partial charge is 0.207 e. The highest BCUT2D eigenvalue weighted by atomic mass is 19.1. The van der Waals surface area contributed by atoms with E-state index in [4.69, 9.17) is 0 Å². The molecule has 2 aromatic rings. The second-order valence-electron chi connectivity index (χ2n) is 4.28. The summed E-state index contributed by atoms with van der Waals surface area (Å²) in [5.74, 6) is -0.183. The van der Waals surface area contributed by atoms with Crippen LogP contribution >= 0.6 is 0 Å². The van der Waals surface area contributed by atoms with Crippen molar-refractivity contribution in [3.05, 3.63) is 58.9 Å². The molecular formula is C15H15F. The Kier molecular flexibility index (Phi) is 2.78. The van der Waals surface area contributed by atoms with E-state index in [2.05, 4.69) is 32.9 Å². The molecule has 0 amide bonds. The molecule has 1 heteroatoms. The van der Waals surface area contributed by atoms with Crippen molar-refractivity contribution in [3.8, 4) is 11.1 Å². The second kappa shape index (κ2) is 4.09. The number of rotatable bonds is 1. The van der Waals surface area contributed by atoms with E-state index in [1.54, 1.807) is 12.1 Å². The highest BCUT2D eigenvalue weighted by Crippen LogP contribution is 2.28. The van der Waals surface area contributed by atoms with Crippen LogP contribution in [0.4, 0.5) is 4.39 Å². The van der Waals surface area contributed by atoms with Crippen molar-refractivity contribution in [2.24, 2.45) is 0 Å². The van der Waals surface area contributed by atoms with Gasteiger partial charge in [-0.15, -0.1) is 0 Å². The average molecular weight is 214 g/mol. The first-order valence-corrected chi connectivity index (χ1v) is 5.42. The predicted molar refractivity (Wildman–Crippen MR) is 66.0 cm³/mol. The molecule has 0 atom stereocenters. The fraction of sp³-hybridized carbons (Fsp3) is 0.200. The summed E-state index contributed by atoms with van der Waals surface area (Å²) in [5, 5.41) is 0. The lowest BCUT2D eigenvalue weighted by molar-refractivity contribution is 0.628. The molecule has 0 fully saturated rings. The molecule has 0 spiro atoms. The van der Waals surface area contributed by atoms with E-state index in [1.165, 1.54) is 22.8 Å². The molecule has 16 heavy (non-hydrogen) atoms. The summed E-state index contributed by atoms with van der Waals surface area (Å²) < 4.78 is 13.2. The van der Waals surface area contributed by atoms with Crippen LogP contribution < -0.4 is 0 Å². The molecule has 0 aromatic heterocycles. The minimum atomic E-state index is -0.183. The van der Waals surface area contributed by atoms with Gasteiger partial charge in [0.2, 0.25) is 0 Å². The number of hydrogen-bond donors (Lipinski definition) is 0. The molecule has 0 aliphatic rings. The summed E-state index contributed by atoms with van der Waals surface area (Å²) >= 11 is 0. The molecule has 0 heterocycles. The number of hydrogen-bond acceptors (Lipinski definition) is 0. The summed E-state index contributed by atoms with van der Waals surface area (Å²) in [7, 11) is 0. The molecule has 0 nitrogen and oxygen atoms in total. The van der Waals surface area contributed by atoms with Crippen LogP contribution in [-0.4, -0.2) is 0 Å². The average Bonchev–Trinajstić information content (AvgIpc) is 2.15. The lowest BCUT2D eigenvalue weighted by Crippen LogP contribution is -1.90. The Labute approximate surface area is 95.7 Å². The Hall–Kier alpha value is -1.63. The van der Waals surface area contributed by atoms with E-state index < -0.39 is 0 Å². The van der Waals surface area contributed by atoms with Crippen molar-refractivity contribution in [3.63, 3.8) is 0 Å². The molecule has 0 saturated carbocycles. The first-order valence-electron chi connectivity index (χ1n) is 5.42. The van der Waals surface area contributed by atoms with Crippen LogP contribution in [0.3, 0.4) is 0 Å². The normalized spacial score (nSPS) is 10.5. The Bertz CT molecular complexity index is 504. The molecular weight excluding hydrogens is 199 g/mol. The van der Waals surface area contributed by atoms with Crippen molar-refractivity contribution in [2.75, 3.05) is 0 Å². The van der Waals surface area contributed by atoms with Gasteiger partial charge in [-0.25, -0.2) is 4.39 Å². The summed E-state index contributed by atoms with van der Waals surface area (Å²) in [5.41, 5.74) is 5.74. The Morgan fingerprint density at radius 2 is 1.50 bits per heavy atom. The number of benzene rings is 2. The van der Waals surface area contributed by atoms with Gasteiger partial charge in [-0.1, -0.05) is 29.8 Å². The zero-order valence-corrected chi connectivity index (χ0v) is 9.84. The third-order valence-electron chi connectivity index (χ3n) is 2.79. The molecule has 0 bridgehead atoms. The van der Waals surface area contributed by atoms with Gasteiger partial charge in [0.05, 0.1) is 0 Å². The molecule has 0 radical (unpaired) electrons. The van der Waals surface area contributed by atoms with Gasteiger partial charge in [-0.3, -0.25) is 0 Å². The number of halogens is 1. The summed E-state index contributed by atoms with van der Waals surface area (Å²) in [6.45, 7) is 6.22. The highest BCUT2D eigenvalue weighted by molar-refractivity contribution is 5.71. The van der Waals surface area contributed by atoms with Crippen molar-refractivity contribution in [1.82, 2.24) is 0 Å². The minimum absolute atomic E-state index is 0.183. The maximum atomic E-state index is 13.2. The van der Waals surface area contributed by atoms with Gasteiger partial charge in [-0.2, -0.15) is 0 Å². The quantitative estimate of drug-likeness (QED) is 0.659. The van der Waals surface area contributed by atoms with E-state index in [9.17, 15) is 4.39 Å². The minimum Gasteiger partial charge on any atom is -0.207 e. The van der Waals surface area contributed by atoms with Gasteiger partial charge in [0, 0.05) is 0 Å². The monoisotopic (exact) mass is 214 g/mol. The van der Waals surface area contributed by atoms with E-state index in [1.807, 2.05) is 6.07 Å². The summed E-state index contributed by atoms with van der Waals surface area (Å²) in [6.07, 6.45) is 0. The van der Waals surface area contributed by atoms with Crippen molar-refractivity contribution >= 4 is 0 Å². The molecule has 82 valence electrons. The molecule has 2 aromatic carbocycles. The molecule has 0 aliphatic heterocycles. The standard InChI is InChI=1S/C15H15F/c1-10-7-11(2)15(12(3)8-10)13-5-4-6-14(16)9-13/h4-9H,1-3H3. The zero-order chi connectivity index (χ0) is 11.7. The zero-order valence-electron chi connectivity index (χ0n) is 9.84. The van der Waals surface area contributed by atoms with E-state index in [0.717, 1.165) is 11.1 Å². The van der Waals surface area contributed by atoms with Crippen LogP contribution in [0.1, 0.15) is 16.7 Å². The smallest absolute Gasteiger partial charge is 0.123 e. The van der Waals surface area contributed by atoms with Crippen LogP contribution in [0.5, 0.6) is 0 Å². The van der Waals surface area contributed by atoms with Crippen LogP contribution in [-0.2, 0) is 0 Å². The highest BCUT2D eigenvalue weighted by Gasteiger charge is 2.06. The van der Waals surface area contributed by atoms with E-state index in [0.29, 0.717) is 0 Å². The van der Waals surface area contributed by atoms with Crippen LogP contribution in [0.15, 0.2) is 36.4 Å². The molecule has 0 aliphatic carbocycles. The maximum absolute atomic E-state index is 13.2. The third-order valence-corrected chi connectivity index (χ3v) is 2.79. The Balaban J connectivity index is 2.64. The third kappa shape index (κ3) is 1.99. The first kappa shape index (κ1) is 10.9. The topological polar surface area (TPSA) is 0 Å². The Morgan fingerprint density at radius 1 is 0.875 bits per heavy atom. The first-order chi connectivity index (χ1) is 7.58.